The molecular formula is C16H26ClN. The van der Waals surface area contributed by atoms with E-state index in [1.54, 1.807) is 0 Å². The summed E-state index contributed by atoms with van der Waals surface area (Å²) < 4.78 is 0. The maximum atomic E-state index is 6.06. The molecule has 1 nitrogen and oxygen atoms in total. The van der Waals surface area contributed by atoms with Gasteiger partial charge in [0.1, 0.15) is 0 Å². The first-order chi connectivity index (χ1) is 8.71. The van der Waals surface area contributed by atoms with Crippen molar-refractivity contribution in [3.05, 3.63) is 34.9 Å². The largest absolute Gasteiger partial charge is 0.313 e. The van der Waals surface area contributed by atoms with Crippen LogP contribution in [0.2, 0.25) is 5.02 Å². The van der Waals surface area contributed by atoms with E-state index in [9.17, 15) is 0 Å². The highest BCUT2D eigenvalue weighted by atomic mass is 35.5. The van der Waals surface area contributed by atoms with Gasteiger partial charge in [-0.3, -0.25) is 0 Å². The molecule has 0 fully saturated rings. The summed E-state index contributed by atoms with van der Waals surface area (Å²) in [7, 11) is 0. The number of halogens is 1. The summed E-state index contributed by atoms with van der Waals surface area (Å²) >= 11 is 6.06. The summed E-state index contributed by atoms with van der Waals surface area (Å²) in [5, 5.41) is 4.54. The second-order valence-corrected chi connectivity index (χ2v) is 5.41. The standard InChI is InChI=1S/C16H26ClN/c1-4-10-18-16(14(5-2)6-3)12-13-8-7-9-15(17)11-13/h7-9,11,14,16,18H,4-6,10,12H2,1-3H3. The van der Waals surface area contributed by atoms with Crippen LogP contribution in [0.25, 0.3) is 0 Å². The lowest BCUT2D eigenvalue weighted by atomic mass is 9.89. The molecule has 0 aliphatic carbocycles. The predicted octanol–water partition coefficient (Wildman–Crippen LogP) is 4.69. The van der Waals surface area contributed by atoms with Gasteiger partial charge in [-0.05, 0) is 43.0 Å². The zero-order chi connectivity index (χ0) is 13.4. The van der Waals surface area contributed by atoms with Crippen LogP contribution in [0.4, 0.5) is 0 Å². The van der Waals surface area contributed by atoms with Crippen LogP contribution in [-0.2, 0) is 6.42 Å². The number of benzene rings is 1. The lowest BCUT2D eigenvalue weighted by Gasteiger charge is -2.26. The lowest BCUT2D eigenvalue weighted by molar-refractivity contribution is 0.332. The lowest BCUT2D eigenvalue weighted by Crippen LogP contribution is -2.38. The van der Waals surface area contributed by atoms with Crippen molar-refractivity contribution in [3.63, 3.8) is 0 Å². The Morgan fingerprint density at radius 2 is 1.89 bits per heavy atom. The molecule has 0 amide bonds. The summed E-state index contributed by atoms with van der Waals surface area (Å²) in [6.07, 6.45) is 4.73. The molecule has 0 bridgehead atoms. The number of hydrogen-bond donors (Lipinski definition) is 1. The van der Waals surface area contributed by atoms with Crippen LogP contribution in [0.1, 0.15) is 45.6 Å². The molecule has 102 valence electrons. The Labute approximate surface area is 117 Å². The molecule has 0 saturated carbocycles. The molecule has 1 unspecified atom stereocenters. The molecule has 0 aliphatic rings. The predicted molar refractivity (Wildman–Crippen MR) is 81.3 cm³/mol. The van der Waals surface area contributed by atoms with E-state index in [4.69, 9.17) is 11.6 Å². The number of hydrogen-bond acceptors (Lipinski definition) is 1. The zero-order valence-corrected chi connectivity index (χ0v) is 12.6. The molecule has 1 aromatic rings. The van der Waals surface area contributed by atoms with Gasteiger partial charge in [0.25, 0.3) is 0 Å². The van der Waals surface area contributed by atoms with Crippen molar-refractivity contribution in [1.82, 2.24) is 5.32 Å². The topological polar surface area (TPSA) is 12.0 Å². The normalized spacial score (nSPS) is 12.9. The van der Waals surface area contributed by atoms with Crippen LogP contribution in [0, 0.1) is 5.92 Å². The Balaban J connectivity index is 2.70. The fraction of sp³-hybridized carbons (Fsp3) is 0.625. The highest BCUT2D eigenvalue weighted by Gasteiger charge is 2.18. The molecule has 1 N–H and O–H groups in total. The Morgan fingerprint density at radius 3 is 2.44 bits per heavy atom. The maximum absolute atomic E-state index is 6.06. The van der Waals surface area contributed by atoms with Crippen LogP contribution in [0.5, 0.6) is 0 Å². The number of rotatable bonds is 8. The Kier molecular flexibility index (Phi) is 7.38. The molecule has 0 radical (unpaired) electrons. The van der Waals surface area contributed by atoms with Gasteiger partial charge in [-0.15, -0.1) is 0 Å². The van der Waals surface area contributed by atoms with E-state index in [-0.39, 0.29) is 0 Å². The molecule has 0 aliphatic heterocycles. The minimum atomic E-state index is 0.568. The first-order valence-electron chi connectivity index (χ1n) is 7.19. The van der Waals surface area contributed by atoms with Crippen molar-refractivity contribution in [2.24, 2.45) is 5.92 Å². The summed E-state index contributed by atoms with van der Waals surface area (Å²) in [5.41, 5.74) is 1.34. The summed E-state index contributed by atoms with van der Waals surface area (Å²) in [5.74, 6) is 0.746. The summed E-state index contributed by atoms with van der Waals surface area (Å²) in [4.78, 5) is 0. The van der Waals surface area contributed by atoms with Crippen molar-refractivity contribution in [3.8, 4) is 0 Å². The maximum Gasteiger partial charge on any atom is 0.0408 e. The molecule has 0 spiro atoms. The van der Waals surface area contributed by atoms with Crippen LogP contribution in [0.3, 0.4) is 0 Å². The van der Waals surface area contributed by atoms with Crippen LogP contribution in [-0.4, -0.2) is 12.6 Å². The molecule has 1 rings (SSSR count). The molecular weight excluding hydrogens is 242 g/mol. The highest BCUT2D eigenvalue weighted by Crippen LogP contribution is 2.19. The van der Waals surface area contributed by atoms with E-state index >= 15 is 0 Å². The van der Waals surface area contributed by atoms with Crippen LogP contribution < -0.4 is 5.32 Å². The second kappa shape index (κ2) is 8.55. The second-order valence-electron chi connectivity index (χ2n) is 4.97. The molecule has 0 heterocycles. The molecule has 1 aromatic carbocycles. The quantitative estimate of drug-likeness (QED) is 0.721. The van der Waals surface area contributed by atoms with Crippen molar-refractivity contribution in [1.29, 1.82) is 0 Å². The minimum Gasteiger partial charge on any atom is -0.313 e. The third kappa shape index (κ3) is 4.99. The van der Waals surface area contributed by atoms with Gasteiger partial charge in [-0.25, -0.2) is 0 Å². The monoisotopic (exact) mass is 267 g/mol. The smallest absolute Gasteiger partial charge is 0.0408 e. The van der Waals surface area contributed by atoms with Gasteiger partial charge in [0.15, 0.2) is 0 Å². The Bertz CT molecular complexity index is 334. The Hall–Kier alpha value is -0.530. The van der Waals surface area contributed by atoms with Gasteiger partial charge in [-0.2, -0.15) is 0 Å². The van der Waals surface area contributed by atoms with E-state index in [0.717, 1.165) is 23.9 Å². The fourth-order valence-corrected chi connectivity index (χ4v) is 2.72. The highest BCUT2D eigenvalue weighted by molar-refractivity contribution is 6.30. The van der Waals surface area contributed by atoms with Gasteiger partial charge in [0.05, 0.1) is 0 Å². The van der Waals surface area contributed by atoms with Gasteiger partial charge in [-0.1, -0.05) is 57.3 Å². The first kappa shape index (κ1) is 15.5. The first-order valence-corrected chi connectivity index (χ1v) is 7.56. The Morgan fingerprint density at radius 1 is 1.17 bits per heavy atom. The van der Waals surface area contributed by atoms with Gasteiger partial charge in [0, 0.05) is 11.1 Å². The average Bonchev–Trinajstić information content (AvgIpc) is 2.37. The van der Waals surface area contributed by atoms with E-state index < -0.39 is 0 Å². The van der Waals surface area contributed by atoms with Crippen LogP contribution >= 0.6 is 11.6 Å². The van der Waals surface area contributed by atoms with E-state index in [2.05, 4.69) is 38.2 Å². The van der Waals surface area contributed by atoms with Gasteiger partial charge < -0.3 is 5.32 Å². The van der Waals surface area contributed by atoms with E-state index in [1.807, 2.05) is 12.1 Å². The molecule has 1 atom stereocenters. The third-order valence-electron chi connectivity index (χ3n) is 3.62. The van der Waals surface area contributed by atoms with Crippen molar-refractivity contribution >= 4 is 11.6 Å². The number of nitrogens with one attached hydrogen (secondary N) is 1. The molecule has 18 heavy (non-hydrogen) atoms. The fourth-order valence-electron chi connectivity index (χ4n) is 2.51. The van der Waals surface area contributed by atoms with Gasteiger partial charge >= 0.3 is 0 Å². The third-order valence-corrected chi connectivity index (χ3v) is 3.85. The van der Waals surface area contributed by atoms with Crippen molar-refractivity contribution < 1.29 is 0 Å². The summed E-state index contributed by atoms with van der Waals surface area (Å²) in [6.45, 7) is 7.89. The molecule has 0 saturated heterocycles. The van der Waals surface area contributed by atoms with E-state index in [0.29, 0.717) is 6.04 Å². The van der Waals surface area contributed by atoms with Gasteiger partial charge in [0.2, 0.25) is 0 Å². The zero-order valence-electron chi connectivity index (χ0n) is 11.9. The molecule has 0 aromatic heterocycles. The molecule has 2 heteroatoms. The minimum absolute atomic E-state index is 0.568. The van der Waals surface area contributed by atoms with E-state index in [1.165, 1.54) is 24.8 Å². The average molecular weight is 268 g/mol. The SMILES string of the molecule is CCCNC(Cc1cccc(Cl)c1)C(CC)CC. The van der Waals surface area contributed by atoms with Crippen molar-refractivity contribution in [2.45, 2.75) is 52.5 Å². The van der Waals surface area contributed by atoms with Crippen LogP contribution in [0.15, 0.2) is 24.3 Å². The van der Waals surface area contributed by atoms with Crippen molar-refractivity contribution in [2.75, 3.05) is 6.54 Å². The summed E-state index contributed by atoms with van der Waals surface area (Å²) in [6, 6.07) is 8.82.